The van der Waals surface area contributed by atoms with Crippen LogP contribution < -0.4 is 0 Å². The van der Waals surface area contributed by atoms with E-state index in [1.807, 2.05) is 0 Å². The van der Waals surface area contributed by atoms with Gasteiger partial charge in [-0.1, -0.05) is 11.8 Å². The fourth-order valence-corrected chi connectivity index (χ4v) is 2.97. The number of rotatable bonds is 4. The molecule has 21 heavy (non-hydrogen) atoms. The number of H-pyrrole nitrogens is 1. The molecule has 0 radical (unpaired) electrons. The quantitative estimate of drug-likeness (QED) is 0.693. The van der Waals surface area contributed by atoms with Gasteiger partial charge in [0.1, 0.15) is 0 Å². The molecule has 5 nitrogen and oxygen atoms in total. The molecule has 2 heterocycles. The van der Waals surface area contributed by atoms with Crippen LogP contribution in [0.25, 0.3) is 11.0 Å². The van der Waals surface area contributed by atoms with Crippen LogP contribution >= 0.6 is 11.8 Å². The zero-order valence-electron chi connectivity index (χ0n) is 10.9. The van der Waals surface area contributed by atoms with E-state index in [0.717, 1.165) is 12.1 Å². The number of carbonyl (C=O) groups is 2. The summed E-state index contributed by atoms with van der Waals surface area (Å²) in [7, 11) is 0. The molecule has 8 heteroatoms. The van der Waals surface area contributed by atoms with Crippen molar-refractivity contribution in [1.29, 1.82) is 0 Å². The minimum atomic E-state index is -0.946. The van der Waals surface area contributed by atoms with Crippen molar-refractivity contribution in [3.63, 3.8) is 0 Å². The number of likely N-dealkylation sites (tertiary alicyclic amines) is 1. The Hall–Kier alpha value is -1.96. The van der Waals surface area contributed by atoms with Gasteiger partial charge in [-0.25, -0.2) is 13.8 Å². The molecule has 0 bridgehead atoms. The van der Waals surface area contributed by atoms with Crippen molar-refractivity contribution in [3.8, 4) is 0 Å². The van der Waals surface area contributed by atoms with Crippen LogP contribution in [0.2, 0.25) is 0 Å². The zero-order chi connectivity index (χ0) is 15.0. The van der Waals surface area contributed by atoms with Gasteiger partial charge in [-0.2, -0.15) is 0 Å². The van der Waals surface area contributed by atoms with Crippen LogP contribution in [-0.2, 0) is 9.59 Å². The van der Waals surface area contributed by atoms with Gasteiger partial charge in [0.05, 0.1) is 11.0 Å². The summed E-state index contributed by atoms with van der Waals surface area (Å²) in [6.07, 6.45) is 0.541. The van der Waals surface area contributed by atoms with Gasteiger partial charge >= 0.3 is 0 Å². The van der Waals surface area contributed by atoms with Crippen molar-refractivity contribution in [2.75, 3.05) is 12.3 Å². The number of aromatic amines is 1. The monoisotopic (exact) mass is 311 g/mol. The first-order valence-electron chi connectivity index (χ1n) is 6.35. The predicted octanol–water partition coefficient (Wildman–Crippen LogP) is 2.08. The Balaban J connectivity index is 1.65. The summed E-state index contributed by atoms with van der Waals surface area (Å²) in [5.41, 5.74) is 0.745. The molecule has 1 saturated heterocycles. The van der Waals surface area contributed by atoms with Crippen LogP contribution in [0, 0.1) is 11.6 Å². The van der Waals surface area contributed by atoms with Crippen molar-refractivity contribution in [2.45, 2.75) is 18.0 Å². The minimum Gasteiger partial charge on any atom is -0.333 e. The van der Waals surface area contributed by atoms with Gasteiger partial charge in [0, 0.05) is 37.3 Å². The SMILES string of the molecule is O=C1CCC(=O)N1CCSc1nc2cc(F)c(F)cc2[nH]1. The van der Waals surface area contributed by atoms with E-state index in [2.05, 4.69) is 9.97 Å². The summed E-state index contributed by atoms with van der Waals surface area (Å²) in [6, 6.07) is 2.08. The molecule has 0 atom stereocenters. The molecule has 110 valence electrons. The standard InChI is InChI=1S/C13H11F2N3O2S/c14-7-5-9-10(6-8(7)15)17-13(16-9)21-4-3-18-11(19)1-2-12(18)20/h5-6H,1-4H2,(H,16,17). The van der Waals surface area contributed by atoms with Crippen LogP contribution in [-0.4, -0.2) is 39.0 Å². The Morgan fingerprint density at radius 2 is 1.86 bits per heavy atom. The highest BCUT2D eigenvalue weighted by Crippen LogP contribution is 2.22. The normalized spacial score (nSPS) is 15.4. The van der Waals surface area contributed by atoms with Gasteiger partial charge < -0.3 is 4.98 Å². The van der Waals surface area contributed by atoms with Gasteiger partial charge in [0.15, 0.2) is 16.8 Å². The maximum atomic E-state index is 13.1. The van der Waals surface area contributed by atoms with Gasteiger partial charge in [-0.05, 0) is 0 Å². The summed E-state index contributed by atoms with van der Waals surface area (Å²) in [5.74, 6) is -1.72. The fraction of sp³-hybridized carbons (Fsp3) is 0.308. The lowest BCUT2D eigenvalue weighted by molar-refractivity contribution is -0.137. The Morgan fingerprint density at radius 3 is 2.57 bits per heavy atom. The number of aromatic nitrogens is 2. The van der Waals surface area contributed by atoms with Crippen LogP contribution in [0.4, 0.5) is 8.78 Å². The highest BCUT2D eigenvalue weighted by atomic mass is 32.2. The lowest BCUT2D eigenvalue weighted by Crippen LogP contribution is -2.31. The maximum absolute atomic E-state index is 13.1. The molecule has 2 aromatic rings. The van der Waals surface area contributed by atoms with E-state index in [4.69, 9.17) is 0 Å². The number of imide groups is 1. The summed E-state index contributed by atoms with van der Waals surface area (Å²) < 4.78 is 26.2. The van der Waals surface area contributed by atoms with E-state index >= 15 is 0 Å². The number of carbonyl (C=O) groups excluding carboxylic acids is 2. The third-order valence-corrected chi connectivity index (χ3v) is 4.06. The molecule has 1 aliphatic heterocycles. The second kappa shape index (κ2) is 5.44. The number of halogens is 2. The number of thioether (sulfide) groups is 1. The van der Waals surface area contributed by atoms with Crippen molar-refractivity contribution >= 4 is 34.6 Å². The third-order valence-electron chi connectivity index (χ3n) is 3.21. The van der Waals surface area contributed by atoms with Crippen LogP contribution in [0.15, 0.2) is 17.3 Å². The number of hydrogen-bond acceptors (Lipinski definition) is 4. The molecule has 1 aliphatic rings. The summed E-state index contributed by atoms with van der Waals surface area (Å²) in [5, 5.41) is 0.495. The number of hydrogen-bond donors (Lipinski definition) is 1. The van der Waals surface area contributed by atoms with Crippen LogP contribution in [0.1, 0.15) is 12.8 Å². The second-order valence-electron chi connectivity index (χ2n) is 4.61. The number of benzene rings is 1. The predicted molar refractivity (Wildman–Crippen MR) is 72.7 cm³/mol. The molecule has 2 amide bonds. The molecule has 1 aromatic carbocycles. The molecular formula is C13H11F2N3O2S. The van der Waals surface area contributed by atoms with E-state index in [-0.39, 0.29) is 24.7 Å². The van der Waals surface area contributed by atoms with Crippen LogP contribution in [0.5, 0.6) is 0 Å². The Kier molecular flexibility index (Phi) is 3.62. The molecule has 0 aliphatic carbocycles. The highest BCUT2D eigenvalue weighted by molar-refractivity contribution is 7.99. The van der Waals surface area contributed by atoms with Gasteiger partial charge in [0.2, 0.25) is 11.8 Å². The Morgan fingerprint density at radius 1 is 1.19 bits per heavy atom. The smallest absolute Gasteiger partial charge is 0.229 e. The zero-order valence-corrected chi connectivity index (χ0v) is 11.7. The summed E-state index contributed by atoms with van der Waals surface area (Å²) in [6.45, 7) is 0.308. The van der Waals surface area contributed by atoms with E-state index in [0.29, 0.717) is 28.5 Å². The number of amides is 2. The molecule has 0 spiro atoms. The Labute approximate surface area is 122 Å². The van der Waals surface area contributed by atoms with E-state index in [1.165, 1.54) is 16.7 Å². The first-order chi connectivity index (χ1) is 10.0. The second-order valence-corrected chi connectivity index (χ2v) is 5.70. The Bertz CT molecular complexity index is 677. The lowest BCUT2D eigenvalue weighted by atomic mass is 10.3. The van der Waals surface area contributed by atoms with E-state index in [9.17, 15) is 18.4 Å². The summed E-state index contributed by atoms with van der Waals surface area (Å²) >= 11 is 1.29. The average Bonchev–Trinajstić information content (AvgIpc) is 2.96. The molecule has 0 saturated carbocycles. The van der Waals surface area contributed by atoms with E-state index < -0.39 is 11.6 Å². The van der Waals surface area contributed by atoms with Crippen molar-refractivity contribution in [1.82, 2.24) is 14.9 Å². The molecule has 3 rings (SSSR count). The van der Waals surface area contributed by atoms with Gasteiger partial charge in [-0.3, -0.25) is 14.5 Å². The fourth-order valence-electron chi connectivity index (χ4n) is 2.16. The number of fused-ring (bicyclic) bond motifs is 1. The van der Waals surface area contributed by atoms with Crippen LogP contribution in [0.3, 0.4) is 0 Å². The molecule has 1 fully saturated rings. The number of nitrogens with zero attached hydrogens (tertiary/aromatic N) is 2. The third kappa shape index (κ3) is 2.76. The molecule has 1 aromatic heterocycles. The van der Waals surface area contributed by atoms with E-state index in [1.54, 1.807) is 0 Å². The topological polar surface area (TPSA) is 66.1 Å². The molecule has 0 unspecified atom stereocenters. The first-order valence-corrected chi connectivity index (χ1v) is 7.34. The number of nitrogens with one attached hydrogen (secondary N) is 1. The van der Waals surface area contributed by atoms with Gasteiger partial charge in [-0.15, -0.1) is 0 Å². The van der Waals surface area contributed by atoms with Crippen molar-refractivity contribution < 1.29 is 18.4 Å². The summed E-state index contributed by atoms with van der Waals surface area (Å²) in [4.78, 5) is 31.1. The lowest BCUT2D eigenvalue weighted by Gasteiger charge is -2.12. The average molecular weight is 311 g/mol. The van der Waals surface area contributed by atoms with Gasteiger partial charge in [0.25, 0.3) is 0 Å². The highest BCUT2D eigenvalue weighted by Gasteiger charge is 2.28. The van der Waals surface area contributed by atoms with Crippen molar-refractivity contribution in [2.24, 2.45) is 0 Å². The largest absolute Gasteiger partial charge is 0.333 e. The first kappa shape index (κ1) is 14.0. The molecular weight excluding hydrogens is 300 g/mol. The van der Waals surface area contributed by atoms with Crippen molar-refractivity contribution in [3.05, 3.63) is 23.8 Å². The number of imidazole rings is 1. The molecule has 1 N–H and O–H groups in total. The maximum Gasteiger partial charge on any atom is 0.229 e. The minimum absolute atomic E-state index is 0.158.